The van der Waals surface area contributed by atoms with Crippen molar-refractivity contribution in [3.05, 3.63) is 42.0 Å². The number of hydrogen-bond donors (Lipinski definition) is 0. The summed E-state index contributed by atoms with van der Waals surface area (Å²) in [6, 6.07) is 10.2. The number of hydrogen-bond acceptors (Lipinski definition) is 2. The number of benzene rings is 1. The maximum Gasteiger partial charge on any atom is 0.401 e. The van der Waals surface area contributed by atoms with Gasteiger partial charge in [-0.15, -0.1) is 0 Å². The summed E-state index contributed by atoms with van der Waals surface area (Å²) in [6.45, 7) is 6.59. The van der Waals surface area contributed by atoms with Crippen molar-refractivity contribution in [2.75, 3.05) is 39.3 Å². The minimum absolute atomic E-state index is 0.441. The molecule has 2 rings (SSSR count). The Morgan fingerprint density at radius 1 is 1.04 bits per heavy atom. The standard InChI is InChI=1S/C18H25F3N2/c1-15(2)12-17(16-6-4-3-5-7-16)13-22-8-10-23(11-9-22)14-18(19,20)21/h3-7,12,15H,8-11,13-14H2,1-2H3. The molecule has 0 radical (unpaired) electrons. The van der Waals surface area contributed by atoms with Crippen LogP contribution in [0.2, 0.25) is 0 Å². The Balaban J connectivity index is 1.95. The molecule has 1 fully saturated rings. The van der Waals surface area contributed by atoms with Crippen molar-refractivity contribution in [1.82, 2.24) is 9.80 Å². The second-order valence-electron chi connectivity index (χ2n) is 6.47. The Morgan fingerprint density at radius 3 is 2.13 bits per heavy atom. The third-order valence-electron chi connectivity index (χ3n) is 3.94. The van der Waals surface area contributed by atoms with Gasteiger partial charge in [0.15, 0.2) is 0 Å². The van der Waals surface area contributed by atoms with Gasteiger partial charge in [0, 0.05) is 32.7 Å². The topological polar surface area (TPSA) is 6.48 Å². The molecule has 1 aliphatic rings. The van der Waals surface area contributed by atoms with Crippen LogP contribution >= 0.6 is 0 Å². The van der Waals surface area contributed by atoms with E-state index in [1.165, 1.54) is 16.0 Å². The molecule has 0 amide bonds. The lowest BCUT2D eigenvalue weighted by Crippen LogP contribution is -2.49. The molecule has 0 aliphatic carbocycles. The highest BCUT2D eigenvalue weighted by atomic mass is 19.4. The van der Waals surface area contributed by atoms with Crippen LogP contribution in [0.1, 0.15) is 19.4 Å². The summed E-state index contributed by atoms with van der Waals surface area (Å²) >= 11 is 0. The molecule has 0 bridgehead atoms. The van der Waals surface area contributed by atoms with E-state index in [1.807, 2.05) is 18.2 Å². The van der Waals surface area contributed by atoms with Crippen LogP contribution < -0.4 is 0 Å². The van der Waals surface area contributed by atoms with Crippen LogP contribution in [0, 0.1) is 5.92 Å². The second-order valence-corrected chi connectivity index (χ2v) is 6.47. The summed E-state index contributed by atoms with van der Waals surface area (Å²) in [5, 5.41) is 0. The van der Waals surface area contributed by atoms with E-state index in [4.69, 9.17) is 0 Å². The first kappa shape index (κ1) is 18.0. The van der Waals surface area contributed by atoms with Gasteiger partial charge in [0.05, 0.1) is 6.54 Å². The summed E-state index contributed by atoms with van der Waals surface area (Å²) in [7, 11) is 0. The van der Waals surface area contributed by atoms with Gasteiger partial charge in [-0.25, -0.2) is 0 Å². The van der Waals surface area contributed by atoms with E-state index in [0.29, 0.717) is 32.1 Å². The molecule has 0 N–H and O–H groups in total. The largest absolute Gasteiger partial charge is 0.401 e. The van der Waals surface area contributed by atoms with Crippen LogP contribution in [0.3, 0.4) is 0 Å². The zero-order valence-corrected chi connectivity index (χ0v) is 13.8. The average Bonchev–Trinajstić information content (AvgIpc) is 2.47. The minimum Gasteiger partial charge on any atom is -0.297 e. The minimum atomic E-state index is -4.10. The fourth-order valence-electron chi connectivity index (χ4n) is 2.89. The SMILES string of the molecule is CC(C)C=C(CN1CCN(CC(F)(F)F)CC1)c1ccccc1. The normalized spacial score (nSPS) is 18.6. The molecule has 0 atom stereocenters. The van der Waals surface area contributed by atoms with Gasteiger partial charge in [-0.05, 0) is 17.1 Å². The summed E-state index contributed by atoms with van der Waals surface area (Å²) in [5.41, 5.74) is 2.45. The lowest BCUT2D eigenvalue weighted by atomic mass is 10.0. The fourth-order valence-corrected chi connectivity index (χ4v) is 2.89. The highest BCUT2D eigenvalue weighted by Gasteiger charge is 2.32. The molecule has 23 heavy (non-hydrogen) atoms. The highest BCUT2D eigenvalue weighted by molar-refractivity contribution is 5.67. The van der Waals surface area contributed by atoms with E-state index in [-0.39, 0.29) is 0 Å². The maximum atomic E-state index is 12.4. The van der Waals surface area contributed by atoms with Gasteiger partial charge in [0.2, 0.25) is 0 Å². The Bertz CT molecular complexity index is 501. The predicted octanol–water partition coefficient (Wildman–Crippen LogP) is 3.91. The number of alkyl halides is 3. The van der Waals surface area contributed by atoms with Crippen molar-refractivity contribution in [3.8, 4) is 0 Å². The smallest absolute Gasteiger partial charge is 0.297 e. The molecular formula is C18H25F3N2. The number of halogens is 3. The number of rotatable bonds is 5. The van der Waals surface area contributed by atoms with Crippen LogP contribution in [0.25, 0.3) is 5.57 Å². The molecule has 0 aromatic heterocycles. The van der Waals surface area contributed by atoms with Crippen molar-refractivity contribution < 1.29 is 13.2 Å². The molecule has 128 valence electrons. The van der Waals surface area contributed by atoms with Crippen LogP contribution in [0.5, 0.6) is 0 Å². The zero-order chi connectivity index (χ0) is 16.9. The molecule has 0 spiro atoms. The summed E-state index contributed by atoms with van der Waals surface area (Å²) in [4.78, 5) is 3.74. The first-order valence-electron chi connectivity index (χ1n) is 8.11. The molecule has 2 nitrogen and oxygen atoms in total. The quantitative estimate of drug-likeness (QED) is 0.809. The lowest BCUT2D eigenvalue weighted by molar-refractivity contribution is -0.149. The molecule has 1 aromatic carbocycles. The summed E-state index contributed by atoms with van der Waals surface area (Å²) < 4.78 is 37.3. The van der Waals surface area contributed by atoms with Crippen molar-refractivity contribution in [2.45, 2.75) is 20.0 Å². The van der Waals surface area contributed by atoms with Crippen molar-refractivity contribution in [2.24, 2.45) is 5.92 Å². The lowest BCUT2D eigenvalue weighted by Gasteiger charge is -2.35. The molecule has 0 saturated carbocycles. The van der Waals surface area contributed by atoms with Gasteiger partial charge in [-0.1, -0.05) is 50.3 Å². The van der Waals surface area contributed by atoms with Gasteiger partial charge in [0.25, 0.3) is 0 Å². The Labute approximate surface area is 136 Å². The van der Waals surface area contributed by atoms with Gasteiger partial charge >= 0.3 is 6.18 Å². The van der Waals surface area contributed by atoms with E-state index in [9.17, 15) is 13.2 Å². The Kier molecular flexibility index (Phi) is 6.25. The molecule has 1 heterocycles. The van der Waals surface area contributed by atoms with E-state index in [2.05, 4.69) is 37.0 Å². The van der Waals surface area contributed by atoms with Crippen molar-refractivity contribution >= 4 is 5.57 Å². The molecule has 1 aliphatic heterocycles. The zero-order valence-electron chi connectivity index (χ0n) is 13.8. The fraction of sp³-hybridized carbons (Fsp3) is 0.556. The Morgan fingerprint density at radius 2 is 1.61 bits per heavy atom. The third-order valence-corrected chi connectivity index (χ3v) is 3.94. The first-order valence-corrected chi connectivity index (χ1v) is 8.11. The highest BCUT2D eigenvalue weighted by Crippen LogP contribution is 2.21. The van der Waals surface area contributed by atoms with Gasteiger partial charge in [-0.2, -0.15) is 13.2 Å². The maximum absolute atomic E-state index is 12.4. The first-order chi connectivity index (χ1) is 10.8. The molecule has 0 unspecified atom stereocenters. The third kappa shape index (κ3) is 6.36. The molecule has 1 saturated heterocycles. The second kappa shape index (κ2) is 7.97. The van der Waals surface area contributed by atoms with Crippen LogP contribution in [-0.4, -0.2) is 55.2 Å². The van der Waals surface area contributed by atoms with Crippen LogP contribution in [-0.2, 0) is 0 Å². The van der Waals surface area contributed by atoms with E-state index >= 15 is 0 Å². The van der Waals surface area contributed by atoms with Crippen LogP contribution in [0.15, 0.2) is 36.4 Å². The predicted molar refractivity (Wildman–Crippen MR) is 88.2 cm³/mol. The Hall–Kier alpha value is -1.33. The van der Waals surface area contributed by atoms with Gasteiger partial charge in [0.1, 0.15) is 0 Å². The molecule has 1 aromatic rings. The van der Waals surface area contributed by atoms with Crippen molar-refractivity contribution in [1.29, 1.82) is 0 Å². The van der Waals surface area contributed by atoms with Crippen LogP contribution in [0.4, 0.5) is 13.2 Å². The monoisotopic (exact) mass is 326 g/mol. The van der Waals surface area contributed by atoms with E-state index in [1.54, 1.807) is 0 Å². The average molecular weight is 326 g/mol. The number of allylic oxidation sites excluding steroid dienone is 1. The summed E-state index contributed by atoms with van der Waals surface area (Å²) in [6.07, 6.45) is -1.85. The van der Waals surface area contributed by atoms with Crippen molar-refractivity contribution in [3.63, 3.8) is 0 Å². The number of nitrogens with zero attached hydrogens (tertiary/aromatic N) is 2. The van der Waals surface area contributed by atoms with Gasteiger partial charge < -0.3 is 0 Å². The molecule has 5 heteroatoms. The van der Waals surface area contributed by atoms with Gasteiger partial charge in [-0.3, -0.25) is 9.80 Å². The van der Waals surface area contributed by atoms with E-state index < -0.39 is 12.7 Å². The number of piperazine rings is 1. The van der Waals surface area contributed by atoms with E-state index in [0.717, 1.165) is 6.54 Å². The molecular weight excluding hydrogens is 301 g/mol. The summed E-state index contributed by atoms with van der Waals surface area (Å²) in [5.74, 6) is 0.441.